The smallest absolute Gasteiger partial charge is 0.0998 e. The van der Waals surface area contributed by atoms with Gasteiger partial charge >= 0.3 is 0 Å². The molecule has 0 N–H and O–H groups in total. The van der Waals surface area contributed by atoms with Gasteiger partial charge in [-0.3, -0.25) is 0 Å². The van der Waals surface area contributed by atoms with E-state index in [4.69, 9.17) is 11.6 Å². The Morgan fingerprint density at radius 2 is 1.41 bits per heavy atom. The summed E-state index contributed by atoms with van der Waals surface area (Å²) < 4.78 is 0. The molecule has 0 radical (unpaired) electrons. The molecule has 1 heterocycles. The topological polar surface area (TPSA) is 23.8 Å². The molecule has 1 aliphatic heterocycles. The maximum atomic E-state index is 9.87. The lowest BCUT2D eigenvalue weighted by Crippen LogP contribution is -2.32. The SMILES string of the molecule is N#Cc1cccc2c1-c1ccccc1C21c2ccccc2Sc2c(Cl)cccc21. The van der Waals surface area contributed by atoms with Crippen LogP contribution in [0.25, 0.3) is 11.1 Å². The molecule has 0 amide bonds. The minimum absolute atomic E-state index is 0.471. The number of hydrogen-bond donors (Lipinski definition) is 0. The number of nitriles is 1. The maximum Gasteiger partial charge on any atom is 0.0998 e. The van der Waals surface area contributed by atoms with E-state index in [1.807, 2.05) is 24.3 Å². The number of rotatable bonds is 0. The summed E-state index contributed by atoms with van der Waals surface area (Å²) in [7, 11) is 0. The predicted octanol–water partition coefficient (Wildman–Crippen LogP) is 7.04. The van der Waals surface area contributed by atoms with Gasteiger partial charge in [0.2, 0.25) is 0 Å². The monoisotopic (exact) mass is 407 g/mol. The largest absolute Gasteiger partial charge is 0.192 e. The van der Waals surface area contributed by atoms with Crippen LogP contribution >= 0.6 is 23.4 Å². The molecule has 1 unspecified atom stereocenters. The molecule has 0 bridgehead atoms. The van der Waals surface area contributed by atoms with Crippen molar-refractivity contribution >= 4 is 23.4 Å². The standard InChI is InChI=1S/C26H14ClNS/c27-22-13-6-12-21-25(22)29-23-14-4-3-10-19(23)26(21)18-9-2-1-8-17(18)24-16(15-28)7-5-11-20(24)26/h1-14H. The first kappa shape index (κ1) is 16.9. The number of hydrogen-bond acceptors (Lipinski definition) is 2. The van der Waals surface area contributed by atoms with E-state index in [0.29, 0.717) is 5.56 Å². The van der Waals surface area contributed by atoms with Crippen molar-refractivity contribution in [1.82, 2.24) is 0 Å². The molecule has 3 heteroatoms. The van der Waals surface area contributed by atoms with Crippen molar-refractivity contribution in [1.29, 1.82) is 5.26 Å². The van der Waals surface area contributed by atoms with Gasteiger partial charge in [-0.25, -0.2) is 0 Å². The summed E-state index contributed by atoms with van der Waals surface area (Å²) in [6.45, 7) is 0. The van der Waals surface area contributed by atoms with Crippen LogP contribution in [0.5, 0.6) is 0 Å². The van der Waals surface area contributed by atoms with Gasteiger partial charge in [-0.1, -0.05) is 90.1 Å². The Morgan fingerprint density at radius 3 is 2.28 bits per heavy atom. The third kappa shape index (κ3) is 2.02. The van der Waals surface area contributed by atoms with Crippen LogP contribution in [-0.4, -0.2) is 0 Å². The molecule has 0 aromatic heterocycles. The molecular weight excluding hydrogens is 394 g/mol. The lowest BCUT2D eigenvalue weighted by Gasteiger charge is -2.39. The maximum absolute atomic E-state index is 9.87. The molecule has 0 saturated carbocycles. The Bertz CT molecular complexity index is 1370. The highest BCUT2D eigenvalue weighted by Crippen LogP contribution is 2.63. The summed E-state index contributed by atoms with van der Waals surface area (Å²) >= 11 is 8.44. The zero-order valence-corrected chi connectivity index (χ0v) is 16.9. The molecule has 1 aliphatic carbocycles. The minimum atomic E-state index is -0.471. The fourth-order valence-corrected chi connectivity index (χ4v) is 6.51. The van der Waals surface area contributed by atoms with E-state index < -0.39 is 5.41 Å². The van der Waals surface area contributed by atoms with Gasteiger partial charge in [-0.05, 0) is 46.0 Å². The van der Waals surface area contributed by atoms with Crippen molar-refractivity contribution in [3.63, 3.8) is 0 Å². The molecule has 0 saturated heterocycles. The first-order valence-corrected chi connectivity index (χ1v) is 10.7. The highest BCUT2D eigenvalue weighted by molar-refractivity contribution is 7.99. The van der Waals surface area contributed by atoms with Crippen molar-refractivity contribution < 1.29 is 0 Å². The summed E-state index contributed by atoms with van der Waals surface area (Å²) in [6, 6.07) is 31.7. The van der Waals surface area contributed by atoms with Gasteiger partial charge < -0.3 is 0 Å². The van der Waals surface area contributed by atoms with Crippen LogP contribution < -0.4 is 0 Å². The molecule has 6 rings (SSSR count). The summed E-state index contributed by atoms with van der Waals surface area (Å²) in [4.78, 5) is 2.30. The zero-order chi connectivity index (χ0) is 19.6. The summed E-state index contributed by atoms with van der Waals surface area (Å²) in [5.41, 5.74) is 7.23. The first-order valence-electron chi connectivity index (χ1n) is 9.46. The molecule has 4 aromatic carbocycles. The highest BCUT2D eigenvalue weighted by Gasteiger charge is 2.50. The molecule has 2 aliphatic rings. The van der Waals surface area contributed by atoms with E-state index in [-0.39, 0.29) is 0 Å². The van der Waals surface area contributed by atoms with E-state index in [1.165, 1.54) is 21.6 Å². The van der Waals surface area contributed by atoms with Crippen molar-refractivity contribution in [2.24, 2.45) is 0 Å². The van der Waals surface area contributed by atoms with E-state index in [1.54, 1.807) is 11.8 Å². The molecule has 136 valence electrons. The average Bonchev–Trinajstić information content (AvgIpc) is 3.06. The lowest BCUT2D eigenvalue weighted by atomic mass is 9.67. The van der Waals surface area contributed by atoms with Gasteiger partial charge in [0.05, 0.1) is 22.1 Å². The summed E-state index contributed by atoms with van der Waals surface area (Å²) in [6.07, 6.45) is 0. The highest BCUT2D eigenvalue weighted by atomic mass is 35.5. The Labute approximate surface area is 178 Å². The Kier molecular flexibility index (Phi) is 3.50. The molecule has 0 fully saturated rings. The number of halogens is 1. The number of fused-ring (bicyclic) bond motifs is 9. The fourth-order valence-electron chi connectivity index (χ4n) is 5.03. The van der Waals surface area contributed by atoms with Crippen LogP contribution in [0.3, 0.4) is 0 Å². The first-order chi connectivity index (χ1) is 14.3. The van der Waals surface area contributed by atoms with Crippen LogP contribution in [0.1, 0.15) is 27.8 Å². The fraction of sp³-hybridized carbons (Fsp3) is 0.0385. The molecule has 1 nitrogen and oxygen atoms in total. The van der Waals surface area contributed by atoms with Crippen molar-refractivity contribution in [2.45, 2.75) is 15.2 Å². The van der Waals surface area contributed by atoms with Crippen LogP contribution in [0.2, 0.25) is 5.02 Å². The second-order valence-corrected chi connectivity index (χ2v) is 8.81. The summed E-state index contributed by atoms with van der Waals surface area (Å²) in [5.74, 6) is 0. The lowest BCUT2D eigenvalue weighted by molar-refractivity contribution is 0.722. The average molecular weight is 408 g/mol. The van der Waals surface area contributed by atoms with Crippen LogP contribution in [0.15, 0.2) is 94.7 Å². The van der Waals surface area contributed by atoms with Crippen molar-refractivity contribution in [2.75, 3.05) is 0 Å². The quantitative estimate of drug-likeness (QED) is 0.269. The van der Waals surface area contributed by atoms with Gasteiger partial charge in [-0.2, -0.15) is 5.26 Å². The van der Waals surface area contributed by atoms with E-state index in [0.717, 1.165) is 26.6 Å². The van der Waals surface area contributed by atoms with E-state index >= 15 is 0 Å². The third-order valence-corrected chi connectivity index (χ3v) is 7.71. The molecule has 1 atom stereocenters. The predicted molar refractivity (Wildman–Crippen MR) is 118 cm³/mol. The van der Waals surface area contributed by atoms with Gasteiger partial charge in [-0.15, -0.1) is 0 Å². The van der Waals surface area contributed by atoms with Crippen LogP contribution in [0.4, 0.5) is 0 Å². The Morgan fingerprint density at radius 1 is 0.724 bits per heavy atom. The van der Waals surface area contributed by atoms with Gasteiger partial charge in [0, 0.05) is 15.4 Å². The minimum Gasteiger partial charge on any atom is -0.192 e. The normalized spacial score (nSPS) is 17.8. The zero-order valence-electron chi connectivity index (χ0n) is 15.3. The van der Waals surface area contributed by atoms with Crippen molar-refractivity contribution in [3.8, 4) is 17.2 Å². The molecular formula is C26H14ClNS. The van der Waals surface area contributed by atoms with E-state index in [2.05, 4.69) is 66.7 Å². The van der Waals surface area contributed by atoms with Gasteiger partial charge in [0.1, 0.15) is 0 Å². The van der Waals surface area contributed by atoms with Crippen molar-refractivity contribution in [3.05, 3.63) is 118 Å². The number of benzene rings is 4. The molecule has 29 heavy (non-hydrogen) atoms. The second-order valence-electron chi connectivity index (χ2n) is 7.35. The third-order valence-electron chi connectivity index (χ3n) is 6.06. The second kappa shape index (κ2) is 6.00. The Hall–Kier alpha value is -2.99. The van der Waals surface area contributed by atoms with Crippen LogP contribution in [0, 0.1) is 11.3 Å². The van der Waals surface area contributed by atoms with Gasteiger partial charge in [0.25, 0.3) is 0 Å². The van der Waals surface area contributed by atoms with Gasteiger partial charge in [0.15, 0.2) is 0 Å². The molecule has 4 aromatic rings. The number of nitrogens with zero attached hydrogens (tertiary/aromatic N) is 1. The molecule has 1 spiro atoms. The summed E-state index contributed by atoms with van der Waals surface area (Å²) in [5, 5.41) is 10.6. The Balaban J connectivity index is 1.88. The van der Waals surface area contributed by atoms with E-state index in [9.17, 15) is 5.26 Å². The van der Waals surface area contributed by atoms with Crippen LogP contribution in [-0.2, 0) is 5.41 Å².